The molecular weight excluding hydrogens is 452 g/mol. The van der Waals surface area contributed by atoms with E-state index in [4.69, 9.17) is 4.74 Å². The fraction of sp³-hybridized carbons (Fsp3) is 0.429. The lowest BCUT2D eigenvalue weighted by molar-refractivity contribution is 0.119. The first-order valence-electron chi connectivity index (χ1n) is 12.3. The van der Waals surface area contributed by atoms with Crippen molar-refractivity contribution in [1.82, 2.24) is 30.1 Å². The summed E-state index contributed by atoms with van der Waals surface area (Å²) in [7, 11) is 1.66. The molecule has 0 bridgehead atoms. The summed E-state index contributed by atoms with van der Waals surface area (Å²) in [6.07, 6.45) is 0. The highest BCUT2D eigenvalue weighted by molar-refractivity contribution is 5.79. The van der Waals surface area contributed by atoms with Crippen LogP contribution < -0.4 is 10.3 Å². The van der Waals surface area contributed by atoms with Gasteiger partial charge in [-0.05, 0) is 84.8 Å². The summed E-state index contributed by atoms with van der Waals surface area (Å²) in [6, 6.07) is 16.0. The van der Waals surface area contributed by atoms with Crippen LogP contribution in [-0.4, -0.2) is 37.2 Å². The van der Waals surface area contributed by atoms with E-state index in [1.165, 1.54) is 0 Å². The number of ether oxygens (including phenoxy) is 1. The molecule has 0 aliphatic heterocycles. The van der Waals surface area contributed by atoms with E-state index in [2.05, 4.69) is 84.3 Å². The second-order valence-corrected chi connectivity index (χ2v) is 10.8. The van der Waals surface area contributed by atoms with Gasteiger partial charge in [0.2, 0.25) is 0 Å². The molecular formula is C28H36N6O2. The summed E-state index contributed by atoms with van der Waals surface area (Å²) < 4.78 is 7.24. The van der Waals surface area contributed by atoms with E-state index >= 15 is 0 Å². The Balaban J connectivity index is 1.79. The maximum Gasteiger partial charge on any atom is 0.252 e. The molecule has 2 aromatic carbocycles. The fourth-order valence-electron chi connectivity index (χ4n) is 4.65. The molecule has 4 rings (SSSR count). The molecule has 0 saturated heterocycles. The van der Waals surface area contributed by atoms with E-state index in [9.17, 15) is 4.79 Å². The predicted molar refractivity (Wildman–Crippen MR) is 142 cm³/mol. The molecule has 0 unspecified atom stereocenters. The molecule has 8 heteroatoms. The van der Waals surface area contributed by atoms with E-state index in [0.717, 1.165) is 33.6 Å². The number of pyridine rings is 1. The van der Waals surface area contributed by atoms with Crippen LogP contribution in [0.15, 0.2) is 53.3 Å². The van der Waals surface area contributed by atoms with E-state index in [1.54, 1.807) is 7.11 Å². The second kappa shape index (κ2) is 10.2. The first-order chi connectivity index (χ1) is 17.1. The summed E-state index contributed by atoms with van der Waals surface area (Å²) in [6.45, 7) is 13.7. The molecule has 2 heterocycles. The molecule has 190 valence electrons. The van der Waals surface area contributed by atoms with E-state index < -0.39 is 0 Å². The Morgan fingerprint density at radius 3 is 2.42 bits per heavy atom. The quantitative estimate of drug-likeness (QED) is 0.376. The Bertz CT molecular complexity index is 1380. The van der Waals surface area contributed by atoms with Crippen LogP contribution in [0.2, 0.25) is 0 Å². The van der Waals surface area contributed by atoms with Crippen LogP contribution in [0.25, 0.3) is 10.9 Å². The Morgan fingerprint density at radius 2 is 1.78 bits per heavy atom. The van der Waals surface area contributed by atoms with Crippen LogP contribution in [0.3, 0.4) is 0 Å². The number of nitrogens with zero attached hydrogens (tertiary/aromatic N) is 5. The second-order valence-electron chi connectivity index (χ2n) is 10.8. The van der Waals surface area contributed by atoms with Crippen LogP contribution in [0.4, 0.5) is 0 Å². The van der Waals surface area contributed by atoms with Gasteiger partial charge in [-0.25, -0.2) is 4.68 Å². The lowest BCUT2D eigenvalue weighted by atomic mass is 9.98. The molecule has 1 N–H and O–H groups in total. The van der Waals surface area contributed by atoms with Crippen molar-refractivity contribution in [1.29, 1.82) is 0 Å². The largest absolute Gasteiger partial charge is 0.497 e. The van der Waals surface area contributed by atoms with Gasteiger partial charge in [-0.1, -0.05) is 38.1 Å². The van der Waals surface area contributed by atoms with Gasteiger partial charge >= 0.3 is 0 Å². The smallest absolute Gasteiger partial charge is 0.252 e. The summed E-state index contributed by atoms with van der Waals surface area (Å²) in [5.41, 5.74) is 3.43. The third-order valence-electron chi connectivity index (χ3n) is 6.41. The first-order valence-corrected chi connectivity index (χ1v) is 12.3. The number of methoxy groups -OCH3 is 1. The highest BCUT2D eigenvalue weighted by atomic mass is 16.5. The van der Waals surface area contributed by atoms with Crippen molar-refractivity contribution in [2.75, 3.05) is 7.11 Å². The molecule has 0 spiro atoms. The van der Waals surface area contributed by atoms with Gasteiger partial charge in [0.15, 0.2) is 5.82 Å². The Morgan fingerprint density at radius 1 is 1.06 bits per heavy atom. The Hall–Kier alpha value is -3.52. The number of aromatic nitrogens is 5. The summed E-state index contributed by atoms with van der Waals surface area (Å²) in [4.78, 5) is 18.6. The fourth-order valence-corrected chi connectivity index (χ4v) is 4.65. The zero-order valence-electron chi connectivity index (χ0n) is 22.2. The number of aromatic amines is 1. The third kappa shape index (κ3) is 5.49. The SMILES string of the molecule is COc1ccc(CN(Cc2cc3ccc(C)cc3[nH]c2=O)[C@H](c2nnnn2C(C)(C)C)C(C)C)cc1. The van der Waals surface area contributed by atoms with E-state index in [1.807, 2.05) is 35.9 Å². The molecule has 0 radical (unpaired) electrons. The molecule has 0 saturated carbocycles. The van der Waals surface area contributed by atoms with E-state index in [-0.39, 0.29) is 23.1 Å². The van der Waals surface area contributed by atoms with Gasteiger partial charge in [-0.3, -0.25) is 9.69 Å². The Kier molecular flexibility index (Phi) is 7.26. The van der Waals surface area contributed by atoms with Gasteiger partial charge in [0.25, 0.3) is 5.56 Å². The highest BCUT2D eigenvalue weighted by Gasteiger charge is 2.33. The van der Waals surface area contributed by atoms with Crippen molar-refractivity contribution in [2.24, 2.45) is 5.92 Å². The number of rotatable bonds is 8. The third-order valence-corrected chi connectivity index (χ3v) is 6.41. The summed E-state index contributed by atoms with van der Waals surface area (Å²) in [5, 5.41) is 13.8. The maximum absolute atomic E-state index is 13.2. The number of hydrogen-bond acceptors (Lipinski definition) is 6. The van der Waals surface area contributed by atoms with Gasteiger partial charge < -0.3 is 9.72 Å². The van der Waals surface area contributed by atoms with Crippen LogP contribution in [0.1, 0.15) is 63.2 Å². The highest BCUT2D eigenvalue weighted by Crippen LogP contribution is 2.32. The minimum absolute atomic E-state index is 0.0780. The summed E-state index contributed by atoms with van der Waals surface area (Å²) >= 11 is 0. The predicted octanol–water partition coefficient (Wildman–Crippen LogP) is 4.99. The maximum atomic E-state index is 13.2. The summed E-state index contributed by atoms with van der Waals surface area (Å²) in [5.74, 6) is 1.79. The van der Waals surface area contributed by atoms with Crippen LogP contribution in [0, 0.1) is 12.8 Å². The van der Waals surface area contributed by atoms with Crippen LogP contribution in [-0.2, 0) is 18.6 Å². The molecule has 1 atom stereocenters. The minimum atomic E-state index is -0.282. The first kappa shape index (κ1) is 25.6. The van der Waals surface area contributed by atoms with Gasteiger partial charge in [0.05, 0.1) is 18.7 Å². The molecule has 0 aliphatic rings. The lowest BCUT2D eigenvalue weighted by Gasteiger charge is -2.35. The van der Waals surface area contributed by atoms with Crippen molar-refractivity contribution >= 4 is 10.9 Å². The monoisotopic (exact) mass is 488 g/mol. The number of fused-ring (bicyclic) bond motifs is 1. The average molecular weight is 489 g/mol. The molecule has 0 fully saturated rings. The average Bonchev–Trinajstić information content (AvgIpc) is 3.30. The normalized spacial score (nSPS) is 13.0. The number of hydrogen-bond donors (Lipinski definition) is 1. The van der Waals surface area contributed by atoms with Gasteiger partial charge in [-0.15, -0.1) is 5.10 Å². The zero-order valence-corrected chi connectivity index (χ0v) is 22.2. The topological polar surface area (TPSA) is 88.9 Å². The molecule has 36 heavy (non-hydrogen) atoms. The van der Waals surface area contributed by atoms with Crippen LogP contribution in [0.5, 0.6) is 5.75 Å². The molecule has 2 aromatic heterocycles. The van der Waals surface area contributed by atoms with Crippen LogP contribution >= 0.6 is 0 Å². The molecule has 8 nitrogen and oxygen atoms in total. The molecule has 0 aliphatic carbocycles. The lowest BCUT2D eigenvalue weighted by Crippen LogP contribution is -2.37. The Labute approximate surface area is 212 Å². The van der Waals surface area contributed by atoms with Crippen molar-refractivity contribution in [3.8, 4) is 5.75 Å². The molecule has 4 aromatic rings. The number of tetrazole rings is 1. The zero-order chi connectivity index (χ0) is 26.0. The number of aryl methyl sites for hydroxylation is 1. The van der Waals surface area contributed by atoms with Crippen molar-refractivity contribution in [2.45, 2.75) is 66.2 Å². The number of benzene rings is 2. The standard InChI is InChI=1S/C28H36N6O2/c1-18(2)25(26-30-31-32-34(26)28(4,5)6)33(16-20-9-12-23(36-7)13-10-20)17-22-15-21-11-8-19(3)14-24(21)29-27(22)35/h8-15,18,25H,16-17H2,1-7H3,(H,29,35)/t25-/m0/s1. The number of nitrogens with one attached hydrogen (secondary N) is 1. The number of H-pyrrole nitrogens is 1. The van der Waals surface area contributed by atoms with Gasteiger partial charge in [-0.2, -0.15) is 0 Å². The molecule has 0 amide bonds. The van der Waals surface area contributed by atoms with E-state index in [0.29, 0.717) is 18.7 Å². The van der Waals surface area contributed by atoms with Gasteiger partial charge in [0.1, 0.15) is 5.75 Å². The van der Waals surface area contributed by atoms with Crippen molar-refractivity contribution in [3.05, 3.63) is 81.4 Å². The minimum Gasteiger partial charge on any atom is -0.497 e. The van der Waals surface area contributed by atoms with Gasteiger partial charge in [0, 0.05) is 24.2 Å². The van der Waals surface area contributed by atoms with Crippen molar-refractivity contribution < 1.29 is 4.74 Å². The van der Waals surface area contributed by atoms with Crippen molar-refractivity contribution in [3.63, 3.8) is 0 Å².